The molecule has 0 aliphatic rings. The molecule has 176 valence electrons. The van der Waals surface area contributed by atoms with Crippen LogP contribution in [0.3, 0.4) is 0 Å². The number of benzene rings is 4. The van der Waals surface area contributed by atoms with Gasteiger partial charge in [0.25, 0.3) is 0 Å². The highest BCUT2D eigenvalue weighted by molar-refractivity contribution is 6.06. The van der Waals surface area contributed by atoms with Gasteiger partial charge < -0.3 is 14.2 Å². The maximum atomic E-state index is 12.5. The van der Waals surface area contributed by atoms with E-state index in [-0.39, 0.29) is 5.91 Å². The maximum absolute atomic E-state index is 12.5. The summed E-state index contributed by atoms with van der Waals surface area (Å²) in [5.74, 6) is 1.02. The molecule has 0 aromatic heterocycles. The number of methoxy groups -OCH3 is 1. The fourth-order valence-corrected chi connectivity index (χ4v) is 3.62. The lowest BCUT2D eigenvalue weighted by atomic mass is 10.1. The molecule has 0 N–H and O–H groups in total. The summed E-state index contributed by atoms with van der Waals surface area (Å²) in [5, 5.41) is 0. The number of carbonyl (C=O) groups excluding carboxylic acids is 2. The first-order valence-corrected chi connectivity index (χ1v) is 11.1. The Morgan fingerprint density at radius 3 is 2.06 bits per heavy atom. The minimum absolute atomic E-state index is 0.241. The second-order valence-electron chi connectivity index (χ2n) is 7.68. The Morgan fingerprint density at radius 1 is 0.743 bits per heavy atom. The summed E-state index contributed by atoms with van der Waals surface area (Å²) in [6, 6.07) is 31.2. The number of esters is 1. The summed E-state index contributed by atoms with van der Waals surface area (Å²) in [6.07, 6.45) is 0. The van der Waals surface area contributed by atoms with Gasteiger partial charge in [-0.1, -0.05) is 54.6 Å². The summed E-state index contributed by atoms with van der Waals surface area (Å²) < 4.78 is 16.9. The van der Waals surface area contributed by atoms with Gasteiger partial charge in [-0.2, -0.15) is 0 Å². The molecule has 0 heterocycles. The van der Waals surface area contributed by atoms with Crippen LogP contribution < -0.4 is 14.4 Å². The quantitative estimate of drug-likeness (QED) is 0.276. The molecule has 6 nitrogen and oxygen atoms in total. The van der Waals surface area contributed by atoms with Gasteiger partial charge >= 0.3 is 5.97 Å². The van der Waals surface area contributed by atoms with E-state index < -0.39 is 5.97 Å². The predicted molar refractivity (Wildman–Crippen MR) is 134 cm³/mol. The Balaban J connectivity index is 1.55. The first kappa shape index (κ1) is 23.6. The minimum atomic E-state index is -0.515. The molecule has 4 rings (SSSR count). The Kier molecular flexibility index (Phi) is 7.43. The van der Waals surface area contributed by atoms with Crippen LogP contribution in [0.15, 0.2) is 103 Å². The molecule has 0 saturated heterocycles. The lowest BCUT2D eigenvalue weighted by Crippen LogP contribution is -2.25. The van der Waals surface area contributed by atoms with Gasteiger partial charge in [0.2, 0.25) is 5.91 Å². The van der Waals surface area contributed by atoms with Crippen molar-refractivity contribution in [3.8, 4) is 17.2 Å². The predicted octanol–water partition coefficient (Wildman–Crippen LogP) is 6.53. The zero-order valence-electron chi connectivity index (χ0n) is 19.5. The number of para-hydroxylation sites is 3. The lowest BCUT2D eigenvalue weighted by Gasteiger charge is -2.23. The first-order valence-electron chi connectivity index (χ1n) is 11.1. The highest BCUT2D eigenvalue weighted by Gasteiger charge is 2.21. The van der Waals surface area contributed by atoms with E-state index in [1.54, 1.807) is 48.5 Å². The van der Waals surface area contributed by atoms with Crippen molar-refractivity contribution in [1.29, 1.82) is 0 Å². The molecule has 1 amide bonds. The van der Waals surface area contributed by atoms with Crippen LogP contribution in [-0.4, -0.2) is 19.0 Å². The van der Waals surface area contributed by atoms with E-state index in [4.69, 9.17) is 14.2 Å². The van der Waals surface area contributed by atoms with E-state index in [1.165, 1.54) is 18.9 Å². The second kappa shape index (κ2) is 11.0. The molecule has 0 aliphatic carbocycles. The molecule has 0 spiro atoms. The average molecular weight is 468 g/mol. The molecule has 0 bridgehead atoms. The largest absolute Gasteiger partial charge is 0.485 e. The Hall–Kier alpha value is -4.58. The molecular weight excluding hydrogens is 442 g/mol. The van der Waals surface area contributed by atoms with Crippen LogP contribution in [0, 0.1) is 0 Å². The number of amides is 1. The molecule has 0 aliphatic heterocycles. The molecule has 0 saturated carbocycles. The molecular formula is C29H25NO5. The third-order valence-electron chi connectivity index (χ3n) is 5.27. The smallest absolute Gasteiger partial charge is 0.339 e. The summed E-state index contributed by atoms with van der Waals surface area (Å²) in [7, 11) is 1.31. The molecule has 4 aromatic carbocycles. The van der Waals surface area contributed by atoms with Gasteiger partial charge in [-0.05, 0) is 54.1 Å². The second-order valence-corrected chi connectivity index (χ2v) is 7.68. The normalized spacial score (nSPS) is 10.3. The number of rotatable bonds is 8. The van der Waals surface area contributed by atoms with Crippen molar-refractivity contribution in [2.75, 3.05) is 12.0 Å². The highest BCUT2D eigenvalue weighted by Crippen LogP contribution is 2.34. The van der Waals surface area contributed by atoms with E-state index >= 15 is 0 Å². The van der Waals surface area contributed by atoms with Crippen LogP contribution in [0.1, 0.15) is 22.8 Å². The van der Waals surface area contributed by atoms with Crippen LogP contribution in [0.5, 0.6) is 17.2 Å². The van der Waals surface area contributed by atoms with E-state index in [2.05, 4.69) is 0 Å². The molecule has 0 fully saturated rings. The number of ether oxygens (including phenoxy) is 3. The van der Waals surface area contributed by atoms with Gasteiger partial charge in [0.05, 0.1) is 18.4 Å². The van der Waals surface area contributed by atoms with Crippen molar-refractivity contribution in [3.05, 3.63) is 114 Å². The van der Waals surface area contributed by atoms with E-state index in [9.17, 15) is 9.59 Å². The van der Waals surface area contributed by atoms with Crippen LogP contribution in [-0.2, 0) is 16.1 Å². The minimum Gasteiger partial charge on any atom is -0.485 e. The summed E-state index contributed by atoms with van der Waals surface area (Å²) in [6.45, 7) is 1.87. The summed E-state index contributed by atoms with van der Waals surface area (Å²) in [5.41, 5.74) is 2.40. The summed E-state index contributed by atoms with van der Waals surface area (Å²) >= 11 is 0. The Labute approximate surface area is 204 Å². The third-order valence-corrected chi connectivity index (χ3v) is 5.27. The number of anilines is 2. The maximum Gasteiger partial charge on any atom is 0.339 e. The van der Waals surface area contributed by atoms with Crippen molar-refractivity contribution in [1.82, 2.24) is 0 Å². The first-order chi connectivity index (χ1) is 17.1. The van der Waals surface area contributed by atoms with E-state index in [0.717, 1.165) is 5.56 Å². The van der Waals surface area contributed by atoms with Gasteiger partial charge in [-0.15, -0.1) is 0 Å². The van der Waals surface area contributed by atoms with Crippen LogP contribution >= 0.6 is 0 Å². The number of hydrogen-bond acceptors (Lipinski definition) is 5. The van der Waals surface area contributed by atoms with E-state index in [1.807, 2.05) is 54.6 Å². The molecule has 35 heavy (non-hydrogen) atoms. The van der Waals surface area contributed by atoms with Crippen molar-refractivity contribution < 1.29 is 23.8 Å². The average Bonchev–Trinajstić information content (AvgIpc) is 2.89. The van der Waals surface area contributed by atoms with Crippen LogP contribution in [0.4, 0.5) is 11.4 Å². The van der Waals surface area contributed by atoms with Gasteiger partial charge in [0, 0.05) is 12.6 Å². The fourth-order valence-electron chi connectivity index (χ4n) is 3.62. The monoisotopic (exact) mass is 467 g/mol. The molecule has 0 atom stereocenters. The van der Waals surface area contributed by atoms with Gasteiger partial charge in [-0.25, -0.2) is 4.79 Å². The van der Waals surface area contributed by atoms with Crippen molar-refractivity contribution >= 4 is 23.3 Å². The van der Waals surface area contributed by atoms with Crippen molar-refractivity contribution in [2.24, 2.45) is 0 Å². The highest BCUT2D eigenvalue weighted by atomic mass is 16.5. The standard InChI is InChI=1S/C29H25NO5/c1-21(31)30(26-13-7-6-12-25(26)29(32)33-2)23-16-18-24(19-17-23)35-28-15-9-8-14-27(28)34-20-22-10-4-3-5-11-22/h3-19H,20H2,1-2H3. The molecule has 0 radical (unpaired) electrons. The van der Waals surface area contributed by atoms with Gasteiger partial charge in [-0.3, -0.25) is 9.69 Å². The molecule has 6 heteroatoms. The summed E-state index contributed by atoms with van der Waals surface area (Å²) in [4.78, 5) is 26.2. The number of carbonyl (C=O) groups is 2. The van der Waals surface area contributed by atoms with Gasteiger partial charge in [0.15, 0.2) is 11.5 Å². The van der Waals surface area contributed by atoms with Crippen LogP contribution in [0.25, 0.3) is 0 Å². The zero-order chi connectivity index (χ0) is 24.6. The fraction of sp³-hybridized carbons (Fsp3) is 0.103. The topological polar surface area (TPSA) is 65.1 Å². The Bertz CT molecular complexity index is 1300. The molecule has 4 aromatic rings. The van der Waals surface area contributed by atoms with E-state index in [0.29, 0.717) is 40.8 Å². The van der Waals surface area contributed by atoms with Crippen molar-refractivity contribution in [2.45, 2.75) is 13.5 Å². The van der Waals surface area contributed by atoms with Gasteiger partial charge in [0.1, 0.15) is 12.4 Å². The lowest BCUT2D eigenvalue weighted by molar-refractivity contribution is -0.115. The Morgan fingerprint density at radius 2 is 1.37 bits per heavy atom. The SMILES string of the molecule is COC(=O)c1ccccc1N(C(C)=O)c1ccc(Oc2ccccc2OCc2ccccc2)cc1. The number of hydrogen-bond donors (Lipinski definition) is 0. The van der Waals surface area contributed by atoms with Crippen molar-refractivity contribution in [3.63, 3.8) is 0 Å². The zero-order valence-corrected chi connectivity index (χ0v) is 19.5. The molecule has 0 unspecified atom stereocenters. The number of nitrogens with zero attached hydrogens (tertiary/aromatic N) is 1. The third kappa shape index (κ3) is 5.68. The van der Waals surface area contributed by atoms with Crippen LogP contribution in [0.2, 0.25) is 0 Å².